The molecule has 0 radical (unpaired) electrons. The highest BCUT2D eigenvalue weighted by Gasteiger charge is 2.34. The lowest BCUT2D eigenvalue weighted by Crippen LogP contribution is -2.53. The topological polar surface area (TPSA) is 43.9 Å². The Hall–Kier alpha value is -1.10. The van der Waals surface area contributed by atoms with E-state index in [1.807, 2.05) is 21.0 Å². The third-order valence-corrected chi connectivity index (χ3v) is 5.41. The van der Waals surface area contributed by atoms with Crippen LogP contribution < -0.4 is 0 Å². The highest BCUT2D eigenvalue weighted by Crippen LogP contribution is 2.24. The molecule has 0 aromatic carbocycles. The van der Waals surface area contributed by atoms with E-state index in [2.05, 4.69) is 23.6 Å². The molecule has 2 saturated heterocycles. The number of hydrogen-bond acceptors (Lipinski definition) is 3. The molecule has 3 atom stereocenters. The van der Waals surface area contributed by atoms with Crippen molar-refractivity contribution in [2.24, 2.45) is 17.8 Å². The van der Waals surface area contributed by atoms with E-state index in [4.69, 9.17) is 0 Å². The van der Waals surface area contributed by atoms with Gasteiger partial charge in [0.1, 0.15) is 0 Å². The molecule has 0 aliphatic carbocycles. The van der Waals surface area contributed by atoms with E-state index in [0.717, 1.165) is 39.0 Å². The van der Waals surface area contributed by atoms with E-state index in [9.17, 15) is 9.59 Å². The molecule has 2 heterocycles. The van der Waals surface area contributed by atoms with Gasteiger partial charge in [-0.2, -0.15) is 0 Å². The average Bonchev–Trinajstić information content (AvgIpc) is 2.52. The van der Waals surface area contributed by atoms with Gasteiger partial charge in [-0.3, -0.25) is 14.5 Å². The molecule has 2 fully saturated rings. The predicted molar refractivity (Wildman–Crippen MR) is 92.0 cm³/mol. The third-order valence-electron chi connectivity index (χ3n) is 5.41. The van der Waals surface area contributed by atoms with Crippen LogP contribution in [0.4, 0.5) is 0 Å². The Morgan fingerprint density at radius 2 is 1.57 bits per heavy atom. The quantitative estimate of drug-likeness (QED) is 0.794. The first-order chi connectivity index (χ1) is 10.8. The van der Waals surface area contributed by atoms with Gasteiger partial charge in [-0.25, -0.2) is 0 Å². The van der Waals surface area contributed by atoms with Gasteiger partial charge in [0.2, 0.25) is 11.8 Å². The van der Waals surface area contributed by atoms with Crippen molar-refractivity contribution in [3.63, 3.8) is 0 Å². The minimum atomic E-state index is -0.0668. The number of likely N-dealkylation sites (tertiary alicyclic amines) is 2. The zero-order valence-electron chi connectivity index (χ0n) is 15.4. The van der Waals surface area contributed by atoms with Crippen LogP contribution in [0.25, 0.3) is 0 Å². The maximum atomic E-state index is 12.8. The summed E-state index contributed by atoms with van der Waals surface area (Å²) >= 11 is 0. The molecule has 0 saturated carbocycles. The fraction of sp³-hybridized carbons (Fsp3) is 0.889. The molecule has 0 aromatic rings. The van der Waals surface area contributed by atoms with E-state index in [1.165, 1.54) is 6.42 Å². The van der Waals surface area contributed by atoms with Crippen molar-refractivity contribution in [1.82, 2.24) is 14.7 Å². The molecule has 5 nitrogen and oxygen atoms in total. The lowest BCUT2D eigenvalue weighted by molar-refractivity contribution is -0.140. The maximum absolute atomic E-state index is 12.8. The fourth-order valence-corrected chi connectivity index (χ4v) is 4.16. The first-order valence-corrected chi connectivity index (χ1v) is 9.03. The summed E-state index contributed by atoms with van der Waals surface area (Å²) in [5.41, 5.74) is 0. The molecule has 2 aliphatic heterocycles. The van der Waals surface area contributed by atoms with Gasteiger partial charge in [0, 0.05) is 33.1 Å². The molecular formula is C18H33N3O2. The van der Waals surface area contributed by atoms with Crippen LogP contribution in [-0.2, 0) is 9.59 Å². The second-order valence-electron chi connectivity index (χ2n) is 7.91. The van der Waals surface area contributed by atoms with Gasteiger partial charge >= 0.3 is 0 Å². The Labute approximate surface area is 141 Å². The minimum absolute atomic E-state index is 0.0668. The lowest BCUT2D eigenvalue weighted by atomic mass is 9.91. The Bertz CT molecular complexity index is 420. The number of nitrogens with zero attached hydrogens (tertiary/aromatic N) is 3. The molecule has 0 aromatic heterocycles. The Balaban J connectivity index is 1.88. The molecule has 0 bridgehead atoms. The van der Waals surface area contributed by atoms with E-state index in [-0.39, 0.29) is 23.8 Å². The summed E-state index contributed by atoms with van der Waals surface area (Å²) in [5, 5.41) is 0. The van der Waals surface area contributed by atoms with Gasteiger partial charge in [0.25, 0.3) is 0 Å². The summed E-state index contributed by atoms with van der Waals surface area (Å²) in [6, 6.07) is -0.0668. The first-order valence-electron chi connectivity index (χ1n) is 9.03. The Morgan fingerprint density at radius 1 is 1.04 bits per heavy atom. The number of hydrogen-bond donors (Lipinski definition) is 0. The monoisotopic (exact) mass is 323 g/mol. The van der Waals surface area contributed by atoms with Gasteiger partial charge in [-0.05, 0) is 51.1 Å². The van der Waals surface area contributed by atoms with E-state index in [1.54, 1.807) is 4.90 Å². The normalized spacial score (nSPS) is 28.5. The number of rotatable bonds is 3. The van der Waals surface area contributed by atoms with Crippen LogP contribution in [0.2, 0.25) is 0 Å². The Kier molecular flexibility index (Phi) is 6.06. The third kappa shape index (κ3) is 4.46. The predicted octanol–water partition coefficient (Wildman–Crippen LogP) is 1.68. The fourth-order valence-electron chi connectivity index (χ4n) is 4.16. The zero-order chi connectivity index (χ0) is 17.1. The van der Waals surface area contributed by atoms with E-state index < -0.39 is 0 Å². The molecule has 0 N–H and O–H groups in total. The number of carbonyl (C=O) groups excluding carboxylic acids is 2. The summed E-state index contributed by atoms with van der Waals surface area (Å²) < 4.78 is 0. The summed E-state index contributed by atoms with van der Waals surface area (Å²) in [4.78, 5) is 30.9. The summed E-state index contributed by atoms with van der Waals surface area (Å²) in [5.74, 6) is 1.80. The van der Waals surface area contributed by atoms with Gasteiger partial charge in [0.15, 0.2) is 0 Å². The summed E-state index contributed by atoms with van der Waals surface area (Å²) in [6.07, 6.45) is 2.94. The number of carbonyl (C=O) groups is 2. The SMILES string of the molecule is CC1CC(C)CN(C(=O)C(C)N2CCC(C(=O)N(C)C)CC2)C1. The lowest BCUT2D eigenvalue weighted by Gasteiger charge is -2.40. The highest BCUT2D eigenvalue weighted by atomic mass is 16.2. The van der Waals surface area contributed by atoms with Crippen molar-refractivity contribution in [2.45, 2.75) is 46.1 Å². The smallest absolute Gasteiger partial charge is 0.239 e. The van der Waals surface area contributed by atoms with Gasteiger partial charge in [-0.15, -0.1) is 0 Å². The molecular weight excluding hydrogens is 290 g/mol. The number of amides is 2. The summed E-state index contributed by atoms with van der Waals surface area (Å²) in [7, 11) is 3.64. The van der Waals surface area contributed by atoms with Crippen LogP contribution in [0, 0.1) is 17.8 Å². The molecule has 2 aliphatic rings. The van der Waals surface area contributed by atoms with Crippen LogP contribution in [-0.4, -0.2) is 72.8 Å². The van der Waals surface area contributed by atoms with Crippen LogP contribution in [0.5, 0.6) is 0 Å². The van der Waals surface area contributed by atoms with Crippen LogP contribution >= 0.6 is 0 Å². The van der Waals surface area contributed by atoms with Crippen molar-refractivity contribution in [2.75, 3.05) is 40.3 Å². The second-order valence-corrected chi connectivity index (χ2v) is 7.91. The second kappa shape index (κ2) is 7.65. The first kappa shape index (κ1) is 18.2. The standard InChI is InChI=1S/C18H33N3O2/c1-13-10-14(2)12-21(11-13)17(22)15(3)20-8-6-16(7-9-20)18(23)19(4)5/h13-16H,6-12H2,1-5H3. The largest absolute Gasteiger partial charge is 0.349 e. The van der Waals surface area contributed by atoms with E-state index >= 15 is 0 Å². The highest BCUT2D eigenvalue weighted by molar-refractivity contribution is 5.82. The molecule has 3 unspecified atom stereocenters. The van der Waals surface area contributed by atoms with Crippen molar-refractivity contribution >= 4 is 11.8 Å². The molecule has 132 valence electrons. The maximum Gasteiger partial charge on any atom is 0.239 e. The van der Waals surface area contributed by atoms with Crippen LogP contribution in [0.15, 0.2) is 0 Å². The van der Waals surface area contributed by atoms with Gasteiger partial charge in [0.05, 0.1) is 6.04 Å². The van der Waals surface area contributed by atoms with Crippen molar-refractivity contribution in [3.8, 4) is 0 Å². The minimum Gasteiger partial charge on any atom is -0.349 e. The van der Waals surface area contributed by atoms with Crippen molar-refractivity contribution < 1.29 is 9.59 Å². The van der Waals surface area contributed by atoms with Crippen molar-refractivity contribution in [3.05, 3.63) is 0 Å². The van der Waals surface area contributed by atoms with Crippen LogP contribution in [0.3, 0.4) is 0 Å². The van der Waals surface area contributed by atoms with Crippen LogP contribution in [0.1, 0.15) is 40.0 Å². The van der Waals surface area contributed by atoms with Gasteiger partial charge < -0.3 is 9.80 Å². The molecule has 2 amide bonds. The molecule has 23 heavy (non-hydrogen) atoms. The zero-order valence-corrected chi connectivity index (χ0v) is 15.4. The molecule has 2 rings (SSSR count). The number of piperidine rings is 2. The van der Waals surface area contributed by atoms with Gasteiger partial charge in [-0.1, -0.05) is 13.8 Å². The Morgan fingerprint density at radius 3 is 2.04 bits per heavy atom. The van der Waals surface area contributed by atoms with Crippen molar-refractivity contribution in [1.29, 1.82) is 0 Å². The molecule has 5 heteroatoms. The summed E-state index contributed by atoms with van der Waals surface area (Å²) in [6.45, 7) is 9.97. The van der Waals surface area contributed by atoms with E-state index in [0.29, 0.717) is 11.8 Å². The average molecular weight is 323 g/mol. The molecule has 0 spiro atoms.